The van der Waals surface area contributed by atoms with Gasteiger partial charge in [0.2, 0.25) is 5.16 Å². The van der Waals surface area contributed by atoms with Crippen LogP contribution in [0.15, 0.2) is 71.9 Å². The molecular weight excluding hydrogens is 466 g/mol. The van der Waals surface area contributed by atoms with Crippen LogP contribution in [0.25, 0.3) is 11.4 Å². The Balaban J connectivity index is 1.40. The van der Waals surface area contributed by atoms with E-state index in [2.05, 4.69) is 15.5 Å². The van der Waals surface area contributed by atoms with Gasteiger partial charge in [-0.25, -0.2) is 4.68 Å². The first-order valence-corrected chi connectivity index (χ1v) is 11.6. The smallest absolute Gasteiger partial charge is 0.255 e. The summed E-state index contributed by atoms with van der Waals surface area (Å²) in [5.41, 5.74) is 2.98. The first kappa shape index (κ1) is 24.0. The van der Waals surface area contributed by atoms with E-state index in [1.54, 1.807) is 63.8 Å². The molecule has 0 saturated carbocycles. The fourth-order valence-electron chi connectivity index (χ4n) is 3.32. The molecule has 1 heterocycles. The summed E-state index contributed by atoms with van der Waals surface area (Å²) in [6, 6.07) is 20.0. The second kappa shape index (κ2) is 10.8. The number of rotatable bonds is 9. The third-order valence-corrected chi connectivity index (χ3v) is 6.26. The lowest BCUT2D eigenvalue weighted by Crippen LogP contribution is -2.12. The van der Waals surface area contributed by atoms with E-state index >= 15 is 0 Å². The Bertz CT molecular complexity index is 1310. The molecule has 0 aliphatic carbocycles. The molecule has 9 nitrogen and oxygen atoms in total. The highest BCUT2D eigenvalue weighted by atomic mass is 32.2. The van der Waals surface area contributed by atoms with Crippen LogP contribution in [-0.2, 0) is 5.75 Å². The Kier molecular flexibility index (Phi) is 7.41. The SMILES string of the molecule is COc1ccc(NC(=O)c2ccc(CSc3nnc(-c4ccc(OC)cc4OC)n3N)cc2)cc1. The number of nitrogens with one attached hydrogen (secondary N) is 1. The normalized spacial score (nSPS) is 10.6. The quantitative estimate of drug-likeness (QED) is 0.264. The second-order valence-electron chi connectivity index (χ2n) is 7.41. The highest BCUT2D eigenvalue weighted by Gasteiger charge is 2.17. The standard InChI is InChI=1S/C25H25N5O4S/c1-32-19-10-8-18(9-11-19)27-24(31)17-6-4-16(5-7-17)15-35-25-29-28-23(30(25)26)21-13-12-20(33-2)14-22(21)34-3/h4-14H,15,26H2,1-3H3,(H,27,31). The van der Waals surface area contributed by atoms with Gasteiger partial charge in [0.15, 0.2) is 5.82 Å². The number of nitrogens with two attached hydrogens (primary N) is 1. The number of ether oxygens (including phenoxy) is 3. The van der Waals surface area contributed by atoms with Gasteiger partial charge in [0.05, 0.1) is 26.9 Å². The third kappa shape index (κ3) is 5.49. The Morgan fingerprint density at radius 3 is 2.26 bits per heavy atom. The number of amides is 1. The summed E-state index contributed by atoms with van der Waals surface area (Å²) in [6.45, 7) is 0. The molecule has 0 unspecified atom stereocenters. The van der Waals surface area contributed by atoms with Gasteiger partial charge in [0.1, 0.15) is 17.2 Å². The van der Waals surface area contributed by atoms with E-state index in [0.29, 0.717) is 45.0 Å². The number of thioether (sulfide) groups is 1. The van der Waals surface area contributed by atoms with Crippen LogP contribution in [0.2, 0.25) is 0 Å². The van der Waals surface area contributed by atoms with E-state index < -0.39 is 0 Å². The number of nitrogens with zero attached hydrogens (tertiary/aromatic N) is 3. The van der Waals surface area contributed by atoms with Crippen LogP contribution in [0.1, 0.15) is 15.9 Å². The van der Waals surface area contributed by atoms with Crippen LogP contribution in [0, 0.1) is 0 Å². The van der Waals surface area contributed by atoms with Crippen LogP contribution in [0.5, 0.6) is 17.2 Å². The molecule has 10 heteroatoms. The number of benzene rings is 3. The average Bonchev–Trinajstić information content (AvgIpc) is 3.27. The van der Waals surface area contributed by atoms with Crippen molar-refractivity contribution in [3.05, 3.63) is 77.9 Å². The molecule has 4 aromatic rings. The van der Waals surface area contributed by atoms with E-state index in [9.17, 15) is 4.79 Å². The predicted molar refractivity (Wildman–Crippen MR) is 136 cm³/mol. The highest BCUT2D eigenvalue weighted by molar-refractivity contribution is 7.98. The molecule has 0 radical (unpaired) electrons. The minimum absolute atomic E-state index is 0.186. The number of aromatic nitrogens is 3. The number of carbonyl (C=O) groups excluding carboxylic acids is 1. The number of nitrogen functional groups attached to an aromatic ring is 1. The Morgan fingerprint density at radius 1 is 0.914 bits per heavy atom. The monoisotopic (exact) mass is 491 g/mol. The molecule has 0 aliphatic rings. The second-order valence-corrected chi connectivity index (χ2v) is 8.35. The first-order valence-electron chi connectivity index (χ1n) is 10.6. The Morgan fingerprint density at radius 2 is 1.60 bits per heavy atom. The van der Waals surface area contributed by atoms with Gasteiger partial charge in [0, 0.05) is 23.1 Å². The highest BCUT2D eigenvalue weighted by Crippen LogP contribution is 2.33. The lowest BCUT2D eigenvalue weighted by Gasteiger charge is -2.10. The molecule has 0 fully saturated rings. The number of hydrogen-bond acceptors (Lipinski definition) is 8. The maximum absolute atomic E-state index is 12.5. The van der Waals surface area contributed by atoms with Gasteiger partial charge in [-0.1, -0.05) is 23.9 Å². The number of hydrogen-bond donors (Lipinski definition) is 2. The molecule has 0 saturated heterocycles. The topological polar surface area (TPSA) is 114 Å². The zero-order valence-corrected chi connectivity index (χ0v) is 20.3. The summed E-state index contributed by atoms with van der Waals surface area (Å²) in [5, 5.41) is 11.9. The maximum Gasteiger partial charge on any atom is 0.255 e. The predicted octanol–water partition coefficient (Wildman–Crippen LogP) is 4.23. The fraction of sp³-hybridized carbons (Fsp3) is 0.160. The van der Waals surface area contributed by atoms with Gasteiger partial charge in [-0.3, -0.25) is 4.79 Å². The van der Waals surface area contributed by atoms with Crippen LogP contribution in [0.4, 0.5) is 5.69 Å². The molecule has 0 atom stereocenters. The van der Waals surface area contributed by atoms with Crippen molar-refractivity contribution in [2.45, 2.75) is 10.9 Å². The molecule has 1 aromatic heterocycles. The summed E-state index contributed by atoms with van der Waals surface area (Å²) in [5.74, 6) is 9.16. The minimum Gasteiger partial charge on any atom is -0.497 e. The Labute approximate surface area is 207 Å². The third-order valence-electron chi connectivity index (χ3n) is 5.25. The summed E-state index contributed by atoms with van der Waals surface area (Å²) in [4.78, 5) is 12.5. The molecule has 0 bridgehead atoms. The lowest BCUT2D eigenvalue weighted by molar-refractivity contribution is 0.102. The Hall–Kier alpha value is -4.18. The molecule has 3 N–H and O–H groups in total. The van der Waals surface area contributed by atoms with Gasteiger partial charge in [-0.15, -0.1) is 10.2 Å². The summed E-state index contributed by atoms with van der Waals surface area (Å²) in [6.07, 6.45) is 0. The molecule has 3 aromatic carbocycles. The van der Waals surface area contributed by atoms with Crippen molar-refractivity contribution >= 4 is 23.4 Å². The van der Waals surface area contributed by atoms with Crippen LogP contribution in [-0.4, -0.2) is 42.1 Å². The molecule has 4 rings (SSSR count). The molecule has 0 spiro atoms. The minimum atomic E-state index is -0.186. The van der Waals surface area contributed by atoms with Gasteiger partial charge in [0.25, 0.3) is 5.91 Å². The first-order chi connectivity index (χ1) is 17.0. The summed E-state index contributed by atoms with van der Waals surface area (Å²) >= 11 is 1.44. The maximum atomic E-state index is 12.5. The van der Waals surface area contributed by atoms with Crippen LogP contribution in [0.3, 0.4) is 0 Å². The van der Waals surface area contributed by atoms with Crippen molar-refractivity contribution in [1.29, 1.82) is 0 Å². The number of methoxy groups -OCH3 is 3. The summed E-state index contributed by atoms with van der Waals surface area (Å²) in [7, 11) is 4.77. The lowest BCUT2D eigenvalue weighted by atomic mass is 10.1. The fourth-order valence-corrected chi connectivity index (χ4v) is 4.13. The van der Waals surface area contributed by atoms with Gasteiger partial charge in [-0.05, 0) is 54.1 Å². The molecule has 1 amide bonds. The van der Waals surface area contributed by atoms with Gasteiger partial charge in [-0.2, -0.15) is 0 Å². The van der Waals surface area contributed by atoms with Crippen molar-refractivity contribution in [1.82, 2.24) is 14.9 Å². The zero-order chi connectivity index (χ0) is 24.8. The van der Waals surface area contributed by atoms with Crippen molar-refractivity contribution < 1.29 is 19.0 Å². The largest absolute Gasteiger partial charge is 0.497 e. The number of carbonyl (C=O) groups is 1. The molecular formula is C25H25N5O4S. The van der Waals surface area contributed by atoms with Gasteiger partial charge >= 0.3 is 0 Å². The number of anilines is 1. The average molecular weight is 492 g/mol. The van der Waals surface area contributed by atoms with E-state index in [0.717, 1.165) is 11.3 Å². The molecule has 180 valence electrons. The molecule has 35 heavy (non-hydrogen) atoms. The zero-order valence-electron chi connectivity index (χ0n) is 19.5. The van der Waals surface area contributed by atoms with Crippen LogP contribution < -0.4 is 25.4 Å². The van der Waals surface area contributed by atoms with Crippen molar-refractivity contribution in [2.24, 2.45) is 0 Å². The van der Waals surface area contributed by atoms with E-state index in [1.807, 2.05) is 24.3 Å². The van der Waals surface area contributed by atoms with Crippen molar-refractivity contribution in [2.75, 3.05) is 32.5 Å². The van der Waals surface area contributed by atoms with Crippen molar-refractivity contribution in [3.8, 4) is 28.6 Å². The summed E-state index contributed by atoms with van der Waals surface area (Å²) < 4.78 is 17.3. The van der Waals surface area contributed by atoms with E-state index in [1.165, 1.54) is 16.4 Å². The van der Waals surface area contributed by atoms with E-state index in [-0.39, 0.29) is 5.91 Å². The van der Waals surface area contributed by atoms with Gasteiger partial charge < -0.3 is 25.4 Å². The molecule has 0 aliphatic heterocycles. The van der Waals surface area contributed by atoms with E-state index in [4.69, 9.17) is 20.1 Å². The van der Waals surface area contributed by atoms with Crippen LogP contribution >= 0.6 is 11.8 Å². The van der Waals surface area contributed by atoms with Crippen molar-refractivity contribution in [3.63, 3.8) is 0 Å².